The summed E-state index contributed by atoms with van der Waals surface area (Å²) < 4.78 is 58.4. The fourth-order valence-corrected chi connectivity index (χ4v) is 2.63. The zero-order valence-corrected chi connectivity index (χ0v) is 15.4. The number of thiocarbonyl (C=S) groups is 1. The Morgan fingerprint density at radius 2 is 2.11 bits per heavy atom. The summed E-state index contributed by atoms with van der Waals surface area (Å²) in [7, 11) is 1.38. The molecule has 0 saturated carbocycles. The van der Waals surface area contributed by atoms with Gasteiger partial charge in [-0.3, -0.25) is 10.1 Å². The van der Waals surface area contributed by atoms with Crippen molar-refractivity contribution in [3.05, 3.63) is 45.7 Å². The summed E-state index contributed by atoms with van der Waals surface area (Å²) in [6.07, 6.45) is -4.78. The van der Waals surface area contributed by atoms with Crippen LogP contribution >= 0.6 is 23.8 Å². The minimum absolute atomic E-state index is 0.0349. The second-order valence-electron chi connectivity index (χ2n) is 5.15. The molecule has 0 radical (unpaired) electrons. The Morgan fingerprint density at radius 3 is 2.67 bits per heavy atom. The Balaban J connectivity index is 2.42. The summed E-state index contributed by atoms with van der Waals surface area (Å²) >= 11 is 10.3. The summed E-state index contributed by atoms with van der Waals surface area (Å²) in [5.74, 6) is 0.347. The number of hydrazone groups is 1. The second kappa shape index (κ2) is 9.00. The summed E-state index contributed by atoms with van der Waals surface area (Å²) in [5, 5.41) is 6.54. The molecule has 0 aliphatic heterocycles. The van der Waals surface area contributed by atoms with Crippen LogP contribution in [0, 0.1) is 0 Å². The molecule has 2 rings (SSSR count). The topological polar surface area (TPSA) is 77.5 Å². The van der Waals surface area contributed by atoms with Crippen molar-refractivity contribution in [3.63, 3.8) is 0 Å². The van der Waals surface area contributed by atoms with E-state index in [4.69, 9.17) is 22.1 Å². The maximum atomic E-state index is 13.3. The van der Waals surface area contributed by atoms with E-state index in [1.807, 2.05) is 0 Å². The molecule has 0 spiro atoms. The van der Waals surface area contributed by atoms with E-state index in [0.717, 1.165) is 4.68 Å². The van der Waals surface area contributed by atoms with Crippen molar-refractivity contribution in [2.24, 2.45) is 10.8 Å². The monoisotopic (exact) mass is 423 g/mol. The van der Waals surface area contributed by atoms with Gasteiger partial charge in [0.1, 0.15) is 17.1 Å². The zero-order valence-electron chi connectivity index (χ0n) is 13.8. The fraction of sp³-hybridized carbons (Fsp3) is 0.267. The van der Waals surface area contributed by atoms with Crippen LogP contribution in [0.5, 0.6) is 5.75 Å². The van der Waals surface area contributed by atoms with Crippen molar-refractivity contribution >= 4 is 35.1 Å². The Bertz CT molecular complexity index is 859. The van der Waals surface area contributed by atoms with E-state index in [9.17, 15) is 17.6 Å². The molecule has 0 amide bonds. The quantitative estimate of drug-likeness (QED) is 0.308. The highest BCUT2D eigenvalue weighted by molar-refractivity contribution is 7.80. The molecular weight excluding hydrogens is 410 g/mol. The van der Waals surface area contributed by atoms with E-state index >= 15 is 0 Å². The first-order valence-corrected chi connectivity index (χ1v) is 8.11. The van der Waals surface area contributed by atoms with Crippen molar-refractivity contribution in [3.8, 4) is 5.75 Å². The van der Waals surface area contributed by atoms with Gasteiger partial charge in [-0.25, -0.2) is 17.6 Å². The van der Waals surface area contributed by atoms with Crippen LogP contribution in [0.15, 0.2) is 23.3 Å². The average molecular weight is 424 g/mol. The lowest BCUT2D eigenvalue weighted by Crippen LogP contribution is -2.24. The molecule has 3 N–H and O–H groups in total. The lowest BCUT2D eigenvalue weighted by atomic mass is 10.1. The molecule has 146 valence electrons. The smallest absolute Gasteiger partial charge is 0.283 e. The number of nitrogens with zero attached hydrogens (tertiary/aromatic N) is 3. The molecule has 2 aromatic rings. The number of aromatic nitrogens is 2. The molecule has 0 saturated heterocycles. The maximum Gasteiger partial charge on any atom is 0.283 e. The first-order valence-electron chi connectivity index (χ1n) is 7.32. The Labute approximate surface area is 161 Å². The van der Waals surface area contributed by atoms with Gasteiger partial charge in [-0.05, 0) is 36.0 Å². The van der Waals surface area contributed by atoms with E-state index in [0.29, 0.717) is 16.9 Å². The van der Waals surface area contributed by atoms with Crippen molar-refractivity contribution in [1.29, 1.82) is 0 Å². The highest BCUT2D eigenvalue weighted by Crippen LogP contribution is 2.35. The van der Waals surface area contributed by atoms with Gasteiger partial charge in [0.05, 0.1) is 24.9 Å². The molecule has 0 atom stereocenters. The van der Waals surface area contributed by atoms with Gasteiger partial charge < -0.3 is 10.5 Å². The summed E-state index contributed by atoms with van der Waals surface area (Å²) in [6.45, 7) is -0.264. The highest BCUT2D eigenvalue weighted by atomic mass is 35.5. The molecule has 6 nitrogen and oxygen atoms in total. The number of hydrogen-bond acceptors (Lipinski definition) is 4. The van der Waals surface area contributed by atoms with E-state index in [1.54, 1.807) is 18.2 Å². The largest absolute Gasteiger partial charge is 0.496 e. The number of benzene rings is 1. The standard InChI is InChI=1S/C15H14ClF4N5OS/c1-26-9-3-2-7(5-22-23-15(21)27)4-8(9)6-25-12(14(19)20)10(16)11(24-25)13(17)18/h2-5,13-14H,6H2,1H3,(H3,21,23,27). The number of halogens is 5. The lowest BCUT2D eigenvalue weighted by Gasteiger charge is -2.12. The molecule has 0 fully saturated rings. The molecule has 12 heteroatoms. The van der Waals surface area contributed by atoms with E-state index in [2.05, 4.69) is 27.8 Å². The number of ether oxygens (including phenoxy) is 1. The third-order valence-corrected chi connectivity index (χ3v) is 3.86. The third-order valence-electron chi connectivity index (χ3n) is 3.38. The summed E-state index contributed by atoms with van der Waals surface area (Å²) in [5.41, 5.74) is 6.89. The van der Waals surface area contributed by atoms with Crippen molar-refractivity contribution in [2.45, 2.75) is 19.4 Å². The van der Waals surface area contributed by atoms with Crippen LogP contribution in [0.25, 0.3) is 0 Å². The SMILES string of the molecule is COc1ccc(C=NNC(N)=S)cc1Cn1nc(C(F)F)c(Cl)c1C(F)F. The number of rotatable bonds is 7. The lowest BCUT2D eigenvalue weighted by molar-refractivity contribution is 0.139. The Hall–Kier alpha value is -2.40. The van der Waals surface area contributed by atoms with E-state index in [-0.39, 0.29) is 11.7 Å². The number of nitrogens with two attached hydrogens (primary N) is 1. The Kier molecular flexibility index (Phi) is 6.97. The number of methoxy groups -OCH3 is 1. The molecule has 0 unspecified atom stereocenters. The zero-order chi connectivity index (χ0) is 20.1. The van der Waals surface area contributed by atoms with Crippen LogP contribution in [-0.2, 0) is 6.54 Å². The first kappa shape index (κ1) is 20.9. The normalized spacial score (nSPS) is 11.6. The minimum atomic E-state index is -3.08. The van der Waals surface area contributed by atoms with Crippen LogP contribution in [0.4, 0.5) is 17.6 Å². The first-order chi connectivity index (χ1) is 12.7. The molecule has 27 heavy (non-hydrogen) atoms. The van der Waals surface area contributed by atoms with Gasteiger partial charge in [-0.15, -0.1) is 0 Å². The minimum Gasteiger partial charge on any atom is -0.496 e. The maximum absolute atomic E-state index is 13.3. The number of hydrogen-bond donors (Lipinski definition) is 2. The van der Waals surface area contributed by atoms with Crippen molar-refractivity contribution in [2.75, 3.05) is 7.11 Å². The van der Waals surface area contributed by atoms with Crippen LogP contribution in [0.2, 0.25) is 5.02 Å². The average Bonchev–Trinajstić information content (AvgIpc) is 2.91. The van der Waals surface area contributed by atoms with Crippen LogP contribution in [0.1, 0.15) is 35.4 Å². The summed E-state index contributed by atoms with van der Waals surface area (Å²) in [4.78, 5) is 0. The molecule has 0 aliphatic rings. The highest BCUT2D eigenvalue weighted by Gasteiger charge is 2.28. The summed E-state index contributed by atoms with van der Waals surface area (Å²) in [6, 6.07) is 4.77. The van der Waals surface area contributed by atoms with Crippen molar-refractivity contribution < 1.29 is 22.3 Å². The predicted molar refractivity (Wildman–Crippen MR) is 96.8 cm³/mol. The van der Waals surface area contributed by atoms with Gasteiger partial charge in [0.2, 0.25) is 0 Å². The number of nitrogens with one attached hydrogen (secondary N) is 1. The van der Waals surface area contributed by atoms with E-state index in [1.165, 1.54) is 13.3 Å². The number of alkyl halides is 4. The van der Waals surface area contributed by atoms with Gasteiger partial charge in [-0.1, -0.05) is 11.6 Å². The third kappa shape index (κ3) is 5.07. The van der Waals surface area contributed by atoms with Gasteiger partial charge >= 0.3 is 0 Å². The molecule has 1 aromatic carbocycles. The van der Waals surface area contributed by atoms with Gasteiger partial charge in [0, 0.05) is 5.56 Å². The van der Waals surface area contributed by atoms with Crippen LogP contribution in [0.3, 0.4) is 0 Å². The second-order valence-corrected chi connectivity index (χ2v) is 5.97. The van der Waals surface area contributed by atoms with Gasteiger partial charge in [-0.2, -0.15) is 10.2 Å². The molecule has 1 aromatic heterocycles. The molecule has 0 bridgehead atoms. The molecular formula is C15H14ClF4N5OS. The van der Waals surface area contributed by atoms with Gasteiger partial charge in [0.25, 0.3) is 12.9 Å². The Morgan fingerprint density at radius 1 is 1.41 bits per heavy atom. The molecule has 0 aliphatic carbocycles. The van der Waals surface area contributed by atoms with E-state index < -0.39 is 29.3 Å². The van der Waals surface area contributed by atoms with Crippen LogP contribution < -0.4 is 15.9 Å². The van der Waals surface area contributed by atoms with Gasteiger partial charge in [0.15, 0.2) is 5.11 Å². The fourth-order valence-electron chi connectivity index (χ4n) is 2.27. The predicted octanol–water partition coefficient (Wildman–Crippen LogP) is 3.64. The van der Waals surface area contributed by atoms with Crippen LogP contribution in [-0.4, -0.2) is 28.2 Å². The molecule has 1 heterocycles. The van der Waals surface area contributed by atoms with Crippen molar-refractivity contribution in [1.82, 2.24) is 15.2 Å².